The van der Waals surface area contributed by atoms with E-state index in [1.807, 2.05) is 6.07 Å². The average molecular weight is 307 g/mol. The summed E-state index contributed by atoms with van der Waals surface area (Å²) < 4.78 is 5.26. The van der Waals surface area contributed by atoms with Gasteiger partial charge in [-0.05, 0) is 24.3 Å². The van der Waals surface area contributed by atoms with E-state index in [9.17, 15) is 0 Å². The summed E-state index contributed by atoms with van der Waals surface area (Å²) in [4.78, 5) is 4.11. The molecule has 0 aliphatic rings. The minimum atomic E-state index is -0.0366. The molecular weight excluding hydrogens is 292 g/mol. The van der Waals surface area contributed by atoms with Gasteiger partial charge in [0.25, 0.3) is 0 Å². The molecule has 2 aromatic rings. The second kappa shape index (κ2) is 6.81. The Morgan fingerprint density at radius 2 is 2.29 bits per heavy atom. The van der Waals surface area contributed by atoms with Gasteiger partial charge < -0.3 is 21.0 Å². The number of hydrogen-bond donors (Lipinski definition) is 3. The molecule has 1 aromatic heterocycles. The molecule has 6 nitrogen and oxygen atoms in total. The number of methoxy groups -OCH3 is 1. The van der Waals surface area contributed by atoms with E-state index in [4.69, 9.17) is 27.3 Å². The molecule has 1 heterocycles. The number of nitrogens with one attached hydrogen (secondary N) is 1. The lowest BCUT2D eigenvalue weighted by Crippen LogP contribution is -2.18. The molecule has 1 aromatic carbocycles. The number of benzene rings is 1. The molecule has 0 aliphatic carbocycles. The molecule has 110 valence electrons. The van der Waals surface area contributed by atoms with Crippen molar-refractivity contribution in [1.29, 1.82) is 0 Å². The van der Waals surface area contributed by atoms with Gasteiger partial charge in [0.15, 0.2) is 5.84 Å². The highest BCUT2D eigenvalue weighted by atomic mass is 35.5. The monoisotopic (exact) mass is 306 g/mol. The van der Waals surface area contributed by atoms with Crippen LogP contribution < -0.4 is 15.8 Å². The number of nitrogens with two attached hydrogens (primary N) is 1. The summed E-state index contributed by atoms with van der Waals surface area (Å²) in [6.07, 6.45) is 1.58. The Hall–Kier alpha value is -2.47. The van der Waals surface area contributed by atoms with Crippen LogP contribution in [0.25, 0.3) is 0 Å². The van der Waals surface area contributed by atoms with E-state index < -0.39 is 0 Å². The summed E-state index contributed by atoms with van der Waals surface area (Å²) in [5.41, 5.74) is 7.57. The maximum absolute atomic E-state index is 8.78. The van der Waals surface area contributed by atoms with Crippen molar-refractivity contribution in [2.75, 3.05) is 12.4 Å². The number of pyridine rings is 1. The number of rotatable bonds is 5. The van der Waals surface area contributed by atoms with Gasteiger partial charge in [0.1, 0.15) is 11.4 Å². The molecule has 0 unspecified atom stereocenters. The summed E-state index contributed by atoms with van der Waals surface area (Å²) in [6, 6.07) is 8.90. The Morgan fingerprint density at radius 1 is 1.48 bits per heavy atom. The van der Waals surface area contributed by atoms with Gasteiger partial charge in [-0.2, -0.15) is 0 Å². The Labute approximate surface area is 127 Å². The van der Waals surface area contributed by atoms with E-state index in [1.54, 1.807) is 37.6 Å². The zero-order chi connectivity index (χ0) is 15.2. The minimum absolute atomic E-state index is 0.0366. The van der Waals surface area contributed by atoms with E-state index in [1.165, 1.54) is 0 Å². The molecule has 0 aliphatic heterocycles. The third kappa shape index (κ3) is 3.55. The smallest absolute Gasteiger partial charge is 0.189 e. The van der Waals surface area contributed by atoms with Crippen molar-refractivity contribution in [3.05, 3.63) is 52.8 Å². The lowest BCUT2D eigenvalue weighted by Gasteiger charge is -2.13. The molecule has 0 spiro atoms. The standard InChI is InChI=1S/C14H15ClN4O2/c1-21-12-5-4-10(15)7-11(12)18-8-9-3-2-6-17-13(9)14(16)19-20/h2-7,18,20H,8H2,1H3,(H2,16,19). The Kier molecular flexibility index (Phi) is 4.84. The maximum Gasteiger partial charge on any atom is 0.189 e. The summed E-state index contributed by atoms with van der Waals surface area (Å²) >= 11 is 5.98. The molecule has 0 amide bonds. The van der Waals surface area contributed by atoms with E-state index >= 15 is 0 Å². The SMILES string of the molecule is COc1ccc(Cl)cc1NCc1cccnc1C(N)=NO. The molecule has 0 saturated carbocycles. The maximum atomic E-state index is 8.78. The predicted octanol–water partition coefficient (Wildman–Crippen LogP) is 2.45. The van der Waals surface area contributed by atoms with Crippen LogP contribution in [0, 0.1) is 0 Å². The number of oxime groups is 1. The largest absolute Gasteiger partial charge is 0.495 e. The molecule has 0 saturated heterocycles. The molecule has 0 fully saturated rings. The average Bonchev–Trinajstić information content (AvgIpc) is 2.52. The van der Waals surface area contributed by atoms with Gasteiger partial charge in [0.05, 0.1) is 12.8 Å². The second-order valence-corrected chi connectivity index (χ2v) is 4.63. The summed E-state index contributed by atoms with van der Waals surface area (Å²) in [5, 5.41) is 15.6. The quantitative estimate of drug-likeness (QED) is 0.341. The van der Waals surface area contributed by atoms with Gasteiger partial charge >= 0.3 is 0 Å². The first-order valence-corrected chi connectivity index (χ1v) is 6.52. The van der Waals surface area contributed by atoms with Crippen LogP contribution >= 0.6 is 11.6 Å². The first kappa shape index (κ1) is 14.9. The van der Waals surface area contributed by atoms with Gasteiger partial charge in [0.2, 0.25) is 0 Å². The molecule has 21 heavy (non-hydrogen) atoms. The molecule has 4 N–H and O–H groups in total. The van der Waals surface area contributed by atoms with Crippen LogP contribution in [-0.2, 0) is 6.54 Å². The topological polar surface area (TPSA) is 92.8 Å². The van der Waals surface area contributed by atoms with Crippen LogP contribution in [-0.4, -0.2) is 23.1 Å². The van der Waals surface area contributed by atoms with Crippen LogP contribution in [0.4, 0.5) is 5.69 Å². The Bertz CT molecular complexity index is 661. The van der Waals surface area contributed by atoms with Crippen LogP contribution in [0.15, 0.2) is 41.7 Å². The summed E-state index contributed by atoms with van der Waals surface area (Å²) in [6.45, 7) is 0.427. The fourth-order valence-corrected chi connectivity index (χ4v) is 2.04. The fraction of sp³-hybridized carbons (Fsp3) is 0.143. The van der Waals surface area contributed by atoms with Crippen molar-refractivity contribution < 1.29 is 9.94 Å². The number of aromatic nitrogens is 1. The van der Waals surface area contributed by atoms with E-state index in [-0.39, 0.29) is 5.84 Å². The number of nitrogens with zero attached hydrogens (tertiary/aromatic N) is 2. The first-order valence-electron chi connectivity index (χ1n) is 6.15. The van der Waals surface area contributed by atoms with E-state index in [2.05, 4.69) is 15.5 Å². The number of anilines is 1. The first-order chi connectivity index (χ1) is 10.2. The number of hydrogen-bond acceptors (Lipinski definition) is 5. The van der Waals surface area contributed by atoms with Gasteiger partial charge in [-0.3, -0.25) is 4.98 Å². The molecule has 0 atom stereocenters. The number of amidine groups is 1. The van der Waals surface area contributed by atoms with Gasteiger partial charge in [-0.15, -0.1) is 0 Å². The Morgan fingerprint density at radius 3 is 3.00 bits per heavy atom. The van der Waals surface area contributed by atoms with E-state index in [0.717, 1.165) is 11.3 Å². The van der Waals surface area contributed by atoms with Crippen molar-refractivity contribution >= 4 is 23.1 Å². The molecule has 2 rings (SSSR count). The van der Waals surface area contributed by atoms with Gasteiger partial charge in [-0.1, -0.05) is 22.8 Å². The highest BCUT2D eigenvalue weighted by Crippen LogP contribution is 2.28. The number of ether oxygens (including phenoxy) is 1. The lowest BCUT2D eigenvalue weighted by atomic mass is 10.1. The van der Waals surface area contributed by atoms with Crippen LogP contribution in [0.3, 0.4) is 0 Å². The molecular formula is C14H15ClN4O2. The molecule has 0 radical (unpaired) electrons. The summed E-state index contributed by atoms with van der Waals surface area (Å²) in [5.74, 6) is 0.638. The third-order valence-electron chi connectivity index (χ3n) is 2.87. The summed E-state index contributed by atoms with van der Waals surface area (Å²) in [7, 11) is 1.58. The van der Waals surface area contributed by atoms with E-state index in [0.29, 0.717) is 23.0 Å². The number of halogens is 1. The van der Waals surface area contributed by atoms with Crippen molar-refractivity contribution in [3.8, 4) is 5.75 Å². The van der Waals surface area contributed by atoms with Gasteiger partial charge in [-0.25, -0.2) is 0 Å². The molecule has 0 bridgehead atoms. The second-order valence-electron chi connectivity index (χ2n) is 4.19. The fourth-order valence-electron chi connectivity index (χ4n) is 1.87. The Balaban J connectivity index is 2.23. The van der Waals surface area contributed by atoms with Gasteiger partial charge in [0, 0.05) is 23.3 Å². The van der Waals surface area contributed by atoms with Crippen molar-refractivity contribution in [1.82, 2.24) is 4.98 Å². The van der Waals surface area contributed by atoms with Crippen molar-refractivity contribution in [2.24, 2.45) is 10.9 Å². The van der Waals surface area contributed by atoms with Crippen molar-refractivity contribution in [3.63, 3.8) is 0 Å². The zero-order valence-electron chi connectivity index (χ0n) is 11.4. The predicted molar refractivity (Wildman–Crippen MR) is 82.1 cm³/mol. The third-order valence-corrected chi connectivity index (χ3v) is 3.11. The van der Waals surface area contributed by atoms with Crippen LogP contribution in [0.5, 0.6) is 5.75 Å². The lowest BCUT2D eigenvalue weighted by molar-refractivity contribution is 0.318. The van der Waals surface area contributed by atoms with Crippen molar-refractivity contribution in [2.45, 2.75) is 6.54 Å². The zero-order valence-corrected chi connectivity index (χ0v) is 12.1. The van der Waals surface area contributed by atoms with Crippen LogP contribution in [0.1, 0.15) is 11.3 Å². The molecule has 7 heteroatoms. The highest BCUT2D eigenvalue weighted by Gasteiger charge is 2.09. The normalized spacial score (nSPS) is 11.2. The van der Waals surface area contributed by atoms with Crippen LogP contribution in [0.2, 0.25) is 5.02 Å². The highest BCUT2D eigenvalue weighted by molar-refractivity contribution is 6.30. The minimum Gasteiger partial charge on any atom is -0.495 e.